The van der Waals surface area contributed by atoms with Crippen LogP contribution in [0, 0.1) is 0 Å². The second kappa shape index (κ2) is 5.29. The van der Waals surface area contributed by atoms with Crippen molar-refractivity contribution in [3.63, 3.8) is 0 Å². The van der Waals surface area contributed by atoms with Crippen molar-refractivity contribution in [2.45, 2.75) is 6.54 Å². The lowest BCUT2D eigenvalue weighted by molar-refractivity contribution is 0.415. The fraction of sp³-hybridized carbons (Fsp3) is 0.167. The molecule has 17 heavy (non-hydrogen) atoms. The lowest BCUT2D eigenvalue weighted by atomic mass is 10.3. The maximum absolute atomic E-state index is 6.03. The first kappa shape index (κ1) is 12.1. The molecule has 1 aromatic carbocycles. The predicted molar refractivity (Wildman–Crippen MR) is 74.1 cm³/mol. The predicted octanol–water partition coefficient (Wildman–Crippen LogP) is 3.60. The average molecular weight is 269 g/mol. The summed E-state index contributed by atoms with van der Waals surface area (Å²) < 4.78 is 5.09. The number of halogens is 1. The zero-order valence-corrected chi connectivity index (χ0v) is 10.9. The SMILES string of the molecule is COc1ccc(NCc2sccc2N)cc1Cl. The van der Waals surface area contributed by atoms with E-state index >= 15 is 0 Å². The van der Waals surface area contributed by atoms with Gasteiger partial charge in [0.05, 0.1) is 18.7 Å². The van der Waals surface area contributed by atoms with Gasteiger partial charge in [-0.2, -0.15) is 0 Å². The lowest BCUT2D eigenvalue weighted by Gasteiger charge is -2.08. The monoisotopic (exact) mass is 268 g/mol. The summed E-state index contributed by atoms with van der Waals surface area (Å²) in [6.45, 7) is 0.701. The van der Waals surface area contributed by atoms with E-state index in [-0.39, 0.29) is 0 Å². The zero-order valence-electron chi connectivity index (χ0n) is 9.37. The van der Waals surface area contributed by atoms with Crippen molar-refractivity contribution >= 4 is 34.3 Å². The minimum atomic E-state index is 0.594. The van der Waals surface area contributed by atoms with Gasteiger partial charge < -0.3 is 15.8 Å². The molecule has 3 N–H and O–H groups in total. The van der Waals surface area contributed by atoms with Crippen LogP contribution >= 0.6 is 22.9 Å². The molecule has 0 spiro atoms. The van der Waals surface area contributed by atoms with E-state index in [1.807, 2.05) is 29.6 Å². The highest BCUT2D eigenvalue weighted by atomic mass is 35.5. The van der Waals surface area contributed by atoms with Gasteiger partial charge >= 0.3 is 0 Å². The summed E-state index contributed by atoms with van der Waals surface area (Å²) in [4.78, 5) is 1.12. The van der Waals surface area contributed by atoms with Crippen molar-refractivity contribution in [3.8, 4) is 5.75 Å². The maximum atomic E-state index is 6.03. The van der Waals surface area contributed by atoms with Crippen molar-refractivity contribution < 1.29 is 4.74 Å². The van der Waals surface area contributed by atoms with Crippen LogP contribution in [0.25, 0.3) is 0 Å². The third kappa shape index (κ3) is 2.84. The smallest absolute Gasteiger partial charge is 0.137 e. The second-order valence-corrected chi connectivity index (χ2v) is 4.91. The molecule has 0 aliphatic rings. The first-order chi connectivity index (χ1) is 8.20. The Morgan fingerprint density at radius 2 is 2.24 bits per heavy atom. The number of hydrogen-bond donors (Lipinski definition) is 2. The van der Waals surface area contributed by atoms with E-state index in [1.54, 1.807) is 18.4 Å². The molecule has 2 aromatic rings. The molecule has 5 heteroatoms. The molecule has 0 saturated carbocycles. The number of thiophene rings is 1. The molecule has 0 bridgehead atoms. The molecule has 0 unspecified atom stereocenters. The number of benzene rings is 1. The topological polar surface area (TPSA) is 47.3 Å². The van der Waals surface area contributed by atoms with Gasteiger partial charge in [-0.1, -0.05) is 11.6 Å². The first-order valence-corrected chi connectivity index (χ1v) is 6.35. The van der Waals surface area contributed by atoms with Crippen molar-refractivity contribution in [1.29, 1.82) is 0 Å². The lowest BCUT2D eigenvalue weighted by Crippen LogP contribution is -2.00. The summed E-state index contributed by atoms with van der Waals surface area (Å²) in [6, 6.07) is 7.50. The Hall–Kier alpha value is -1.39. The summed E-state index contributed by atoms with van der Waals surface area (Å²) in [5.41, 5.74) is 7.57. The Morgan fingerprint density at radius 3 is 2.82 bits per heavy atom. The number of nitrogen functional groups attached to an aromatic ring is 1. The van der Waals surface area contributed by atoms with Crippen LogP contribution in [0.4, 0.5) is 11.4 Å². The molecule has 0 saturated heterocycles. The normalized spacial score (nSPS) is 10.2. The third-order valence-corrected chi connectivity index (χ3v) is 3.62. The molecule has 2 rings (SSSR count). The van der Waals surface area contributed by atoms with Crippen LogP contribution in [0.5, 0.6) is 5.75 Å². The molecule has 0 atom stereocenters. The molecule has 0 amide bonds. The van der Waals surface area contributed by atoms with Gasteiger partial charge in [0, 0.05) is 16.3 Å². The van der Waals surface area contributed by atoms with Crippen LogP contribution in [0.3, 0.4) is 0 Å². The number of ether oxygens (including phenoxy) is 1. The van der Waals surface area contributed by atoms with Crippen molar-refractivity contribution in [2.75, 3.05) is 18.2 Å². The highest BCUT2D eigenvalue weighted by Gasteiger charge is 2.03. The van der Waals surface area contributed by atoms with Crippen LogP contribution < -0.4 is 15.8 Å². The highest BCUT2D eigenvalue weighted by Crippen LogP contribution is 2.28. The van der Waals surface area contributed by atoms with Crippen LogP contribution in [0.1, 0.15) is 4.88 Å². The van der Waals surface area contributed by atoms with Gasteiger partial charge in [-0.15, -0.1) is 11.3 Å². The largest absolute Gasteiger partial charge is 0.495 e. The molecule has 0 fully saturated rings. The van der Waals surface area contributed by atoms with Crippen LogP contribution in [0.15, 0.2) is 29.6 Å². The fourth-order valence-corrected chi connectivity index (χ4v) is 2.45. The standard InChI is InChI=1S/C12H13ClN2OS/c1-16-11-3-2-8(6-9(11)13)15-7-12-10(14)4-5-17-12/h2-6,15H,7,14H2,1H3. The van der Waals surface area contributed by atoms with E-state index in [9.17, 15) is 0 Å². The first-order valence-electron chi connectivity index (χ1n) is 5.10. The van der Waals surface area contributed by atoms with Gasteiger partial charge in [0.1, 0.15) is 5.75 Å². The summed E-state index contributed by atoms with van der Waals surface area (Å²) in [5.74, 6) is 0.674. The molecule has 0 radical (unpaired) electrons. The van der Waals surface area contributed by atoms with Crippen LogP contribution in [-0.4, -0.2) is 7.11 Å². The van der Waals surface area contributed by atoms with Crippen LogP contribution in [-0.2, 0) is 6.54 Å². The Morgan fingerprint density at radius 1 is 1.41 bits per heavy atom. The van der Waals surface area contributed by atoms with Crippen molar-refractivity contribution in [1.82, 2.24) is 0 Å². The summed E-state index contributed by atoms with van der Waals surface area (Å²) in [5, 5.41) is 5.84. The molecular formula is C12H13ClN2OS. The molecule has 0 aliphatic carbocycles. The number of nitrogens with one attached hydrogen (secondary N) is 1. The highest BCUT2D eigenvalue weighted by molar-refractivity contribution is 7.10. The van der Waals surface area contributed by atoms with E-state index in [1.165, 1.54) is 0 Å². The number of methoxy groups -OCH3 is 1. The number of nitrogens with two attached hydrogens (primary N) is 1. The molecule has 1 heterocycles. The Balaban J connectivity index is 2.05. The fourth-order valence-electron chi connectivity index (χ4n) is 1.45. The number of hydrogen-bond acceptors (Lipinski definition) is 4. The average Bonchev–Trinajstić information content (AvgIpc) is 2.72. The summed E-state index contributed by atoms with van der Waals surface area (Å²) >= 11 is 7.67. The van der Waals surface area contributed by atoms with Gasteiger partial charge in [0.25, 0.3) is 0 Å². The summed E-state index contributed by atoms with van der Waals surface area (Å²) in [7, 11) is 1.60. The van der Waals surface area contributed by atoms with Gasteiger partial charge in [0.15, 0.2) is 0 Å². The Labute approximate surface area is 109 Å². The van der Waals surface area contributed by atoms with Crippen molar-refractivity contribution in [3.05, 3.63) is 39.5 Å². The van der Waals surface area contributed by atoms with Crippen molar-refractivity contribution in [2.24, 2.45) is 0 Å². The van der Waals surface area contributed by atoms with Gasteiger partial charge in [-0.25, -0.2) is 0 Å². The molecule has 3 nitrogen and oxygen atoms in total. The van der Waals surface area contributed by atoms with E-state index in [0.29, 0.717) is 17.3 Å². The Bertz CT molecular complexity index is 513. The number of anilines is 2. The second-order valence-electron chi connectivity index (χ2n) is 3.50. The molecule has 1 aromatic heterocycles. The molecular weight excluding hydrogens is 256 g/mol. The quantitative estimate of drug-likeness (QED) is 0.891. The van der Waals surface area contributed by atoms with Gasteiger partial charge in [-0.05, 0) is 29.6 Å². The van der Waals surface area contributed by atoms with E-state index in [2.05, 4.69) is 5.32 Å². The number of rotatable bonds is 4. The molecule has 90 valence electrons. The van der Waals surface area contributed by atoms with Crippen LogP contribution in [0.2, 0.25) is 5.02 Å². The third-order valence-electron chi connectivity index (χ3n) is 2.38. The minimum Gasteiger partial charge on any atom is -0.495 e. The van der Waals surface area contributed by atoms with Gasteiger partial charge in [0.2, 0.25) is 0 Å². The molecule has 0 aliphatic heterocycles. The van der Waals surface area contributed by atoms with E-state index < -0.39 is 0 Å². The van der Waals surface area contributed by atoms with E-state index in [0.717, 1.165) is 16.3 Å². The maximum Gasteiger partial charge on any atom is 0.137 e. The summed E-state index contributed by atoms with van der Waals surface area (Å²) in [6.07, 6.45) is 0. The zero-order chi connectivity index (χ0) is 12.3. The Kier molecular flexibility index (Phi) is 3.76. The minimum absolute atomic E-state index is 0.594. The van der Waals surface area contributed by atoms with E-state index in [4.69, 9.17) is 22.1 Å². The van der Waals surface area contributed by atoms with Gasteiger partial charge in [-0.3, -0.25) is 0 Å².